The molecule has 1 aliphatic carbocycles. The molecule has 21 heavy (non-hydrogen) atoms. The minimum Gasteiger partial charge on any atom is -0.308 e. The third kappa shape index (κ3) is 2.59. The summed E-state index contributed by atoms with van der Waals surface area (Å²) < 4.78 is 0. The van der Waals surface area contributed by atoms with Crippen molar-refractivity contribution in [3.63, 3.8) is 0 Å². The fourth-order valence-electron chi connectivity index (χ4n) is 3.14. The summed E-state index contributed by atoms with van der Waals surface area (Å²) in [5.41, 5.74) is 2.94. The smallest absolute Gasteiger partial charge is 0.0346 e. The number of aromatic nitrogens is 1. The van der Waals surface area contributed by atoms with E-state index >= 15 is 0 Å². The normalized spacial score (nSPS) is 13.7. The van der Waals surface area contributed by atoms with Crippen molar-refractivity contribution in [3.05, 3.63) is 63.6 Å². The fourth-order valence-corrected chi connectivity index (χ4v) is 4.37. The Balaban J connectivity index is 1.46. The predicted molar refractivity (Wildman–Crippen MR) is 88.6 cm³/mol. The predicted octanol–water partition coefficient (Wildman–Crippen LogP) is 4.07. The van der Waals surface area contributed by atoms with Gasteiger partial charge in [0.15, 0.2) is 0 Å². The second kappa shape index (κ2) is 5.58. The monoisotopic (exact) mass is 294 g/mol. The highest BCUT2D eigenvalue weighted by Crippen LogP contribution is 2.30. The van der Waals surface area contributed by atoms with Crippen LogP contribution in [-0.2, 0) is 25.9 Å². The molecular formula is C18H18N2S. The van der Waals surface area contributed by atoms with Gasteiger partial charge in [-0.05, 0) is 47.9 Å². The van der Waals surface area contributed by atoms with Crippen molar-refractivity contribution in [2.45, 2.75) is 32.4 Å². The number of pyridine rings is 1. The van der Waals surface area contributed by atoms with Crippen molar-refractivity contribution in [2.24, 2.45) is 0 Å². The maximum atomic E-state index is 4.19. The first-order chi connectivity index (χ1) is 10.4. The zero-order valence-electron chi connectivity index (χ0n) is 11.9. The summed E-state index contributed by atoms with van der Waals surface area (Å²) >= 11 is 1.99. The lowest BCUT2D eigenvalue weighted by molar-refractivity contribution is 0.703. The minimum atomic E-state index is 0.907. The highest BCUT2D eigenvalue weighted by molar-refractivity contribution is 7.12. The second-order valence-corrected chi connectivity index (χ2v) is 6.85. The van der Waals surface area contributed by atoms with Crippen LogP contribution in [0.5, 0.6) is 0 Å². The zero-order chi connectivity index (χ0) is 14.1. The van der Waals surface area contributed by atoms with Crippen LogP contribution in [0.2, 0.25) is 0 Å². The number of aryl methyl sites for hydroxylation is 2. The second-order valence-electron chi connectivity index (χ2n) is 5.63. The van der Waals surface area contributed by atoms with Gasteiger partial charge in [-0.25, -0.2) is 0 Å². The lowest BCUT2D eigenvalue weighted by atomic mass is 10.1. The molecule has 2 nitrogen and oxygen atoms in total. The standard InChI is InChI=1S/C18H18N2S/c1-4-14-10-19-8-7-17(14)15(5-1)11-20-12-16-9-13-3-2-6-18(13)21-16/h1,4-5,7-10,20H,2-3,6,11-12H2. The molecule has 0 bridgehead atoms. The van der Waals surface area contributed by atoms with Crippen LogP contribution in [0.25, 0.3) is 10.8 Å². The van der Waals surface area contributed by atoms with Crippen LogP contribution in [0.4, 0.5) is 0 Å². The molecule has 0 saturated heterocycles. The molecule has 0 aliphatic heterocycles. The highest BCUT2D eigenvalue weighted by atomic mass is 32.1. The Bertz CT molecular complexity index is 749. The molecule has 106 valence electrons. The van der Waals surface area contributed by atoms with Gasteiger partial charge in [0.25, 0.3) is 0 Å². The number of hydrogen-bond donors (Lipinski definition) is 1. The lowest BCUT2D eigenvalue weighted by Gasteiger charge is -2.07. The Morgan fingerprint density at radius 2 is 2.14 bits per heavy atom. The summed E-state index contributed by atoms with van der Waals surface area (Å²) in [5.74, 6) is 0. The van der Waals surface area contributed by atoms with Crippen LogP contribution in [0.1, 0.15) is 27.3 Å². The molecule has 0 spiro atoms. The van der Waals surface area contributed by atoms with Crippen LogP contribution in [0.3, 0.4) is 0 Å². The SMILES string of the molecule is c1cc(CNCc2cc3c(s2)CCC3)c2ccncc2c1. The third-order valence-electron chi connectivity index (χ3n) is 4.18. The molecule has 0 radical (unpaired) electrons. The van der Waals surface area contributed by atoms with Gasteiger partial charge in [-0.3, -0.25) is 4.98 Å². The molecule has 0 unspecified atom stereocenters. The number of nitrogens with zero attached hydrogens (tertiary/aromatic N) is 1. The molecule has 2 heterocycles. The fraction of sp³-hybridized carbons (Fsp3) is 0.278. The summed E-state index contributed by atoms with van der Waals surface area (Å²) in [6.45, 7) is 1.88. The number of rotatable bonds is 4. The van der Waals surface area contributed by atoms with E-state index in [1.54, 1.807) is 10.4 Å². The Labute approximate surface area is 128 Å². The van der Waals surface area contributed by atoms with Crippen molar-refractivity contribution in [1.82, 2.24) is 10.3 Å². The molecule has 3 aromatic rings. The summed E-state index contributed by atoms with van der Waals surface area (Å²) in [6, 6.07) is 10.9. The lowest BCUT2D eigenvalue weighted by Crippen LogP contribution is -2.12. The third-order valence-corrected chi connectivity index (χ3v) is 5.42. The molecule has 0 amide bonds. The van der Waals surface area contributed by atoms with Crippen molar-refractivity contribution >= 4 is 22.1 Å². The van der Waals surface area contributed by atoms with Crippen LogP contribution >= 0.6 is 11.3 Å². The van der Waals surface area contributed by atoms with Crippen LogP contribution in [0, 0.1) is 0 Å². The zero-order valence-corrected chi connectivity index (χ0v) is 12.7. The van der Waals surface area contributed by atoms with E-state index in [1.165, 1.54) is 40.5 Å². The number of benzene rings is 1. The van der Waals surface area contributed by atoms with Gasteiger partial charge in [-0.2, -0.15) is 0 Å². The first kappa shape index (κ1) is 13.0. The summed E-state index contributed by atoms with van der Waals surface area (Å²) in [6.07, 6.45) is 7.72. The molecule has 1 N–H and O–H groups in total. The Morgan fingerprint density at radius 1 is 1.14 bits per heavy atom. The van der Waals surface area contributed by atoms with Crippen LogP contribution in [0.15, 0.2) is 42.7 Å². The van der Waals surface area contributed by atoms with Gasteiger partial charge >= 0.3 is 0 Å². The molecule has 1 aromatic carbocycles. The Kier molecular flexibility index (Phi) is 3.45. The molecule has 0 atom stereocenters. The van der Waals surface area contributed by atoms with E-state index in [2.05, 4.69) is 40.6 Å². The summed E-state index contributed by atoms with van der Waals surface area (Å²) in [4.78, 5) is 7.28. The molecule has 0 fully saturated rings. The van der Waals surface area contributed by atoms with Gasteiger partial charge in [-0.1, -0.05) is 18.2 Å². The topological polar surface area (TPSA) is 24.9 Å². The van der Waals surface area contributed by atoms with Crippen molar-refractivity contribution in [1.29, 1.82) is 0 Å². The van der Waals surface area contributed by atoms with Gasteiger partial charge in [0, 0.05) is 40.6 Å². The van der Waals surface area contributed by atoms with E-state index in [0.29, 0.717) is 0 Å². The average Bonchev–Trinajstić information content (AvgIpc) is 3.09. The van der Waals surface area contributed by atoms with Crippen molar-refractivity contribution in [2.75, 3.05) is 0 Å². The number of hydrogen-bond acceptors (Lipinski definition) is 3. The molecule has 3 heteroatoms. The van der Waals surface area contributed by atoms with E-state index in [1.807, 2.05) is 23.7 Å². The largest absolute Gasteiger partial charge is 0.308 e. The molecular weight excluding hydrogens is 276 g/mol. The highest BCUT2D eigenvalue weighted by Gasteiger charge is 2.14. The van der Waals surface area contributed by atoms with Crippen molar-refractivity contribution < 1.29 is 0 Å². The maximum Gasteiger partial charge on any atom is 0.0346 e. The Hall–Kier alpha value is -1.71. The van der Waals surface area contributed by atoms with Crippen LogP contribution in [-0.4, -0.2) is 4.98 Å². The van der Waals surface area contributed by atoms with Gasteiger partial charge < -0.3 is 5.32 Å². The Morgan fingerprint density at radius 3 is 3.10 bits per heavy atom. The number of thiophene rings is 1. The summed E-state index contributed by atoms with van der Waals surface area (Å²) in [7, 11) is 0. The van der Waals surface area contributed by atoms with E-state index in [4.69, 9.17) is 0 Å². The first-order valence-electron chi connectivity index (χ1n) is 7.53. The number of nitrogens with one attached hydrogen (secondary N) is 1. The first-order valence-corrected chi connectivity index (χ1v) is 8.34. The van der Waals surface area contributed by atoms with Crippen molar-refractivity contribution in [3.8, 4) is 0 Å². The van der Waals surface area contributed by atoms with E-state index in [-0.39, 0.29) is 0 Å². The van der Waals surface area contributed by atoms with Crippen LogP contribution < -0.4 is 5.32 Å². The van der Waals surface area contributed by atoms with E-state index in [9.17, 15) is 0 Å². The van der Waals surface area contributed by atoms with E-state index < -0.39 is 0 Å². The summed E-state index contributed by atoms with van der Waals surface area (Å²) in [5, 5.41) is 6.10. The van der Waals surface area contributed by atoms with E-state index in [0.717, 1.165) is 13.1 Å². The molecule has 4 rings (SSSR count). The van der Waals surface area contributed by atoms with Gasteiger partial charge in [0.2, 0.25) is 0 Å². The maximum absolute atomic E-state index is 4.19. The number of fused-ring (bicyclic) bond motifs is 2. The quantitative estimate of drug-likeness (QED) is 0.784. The van der Waals surface area contributed by atoms with Gasteiger partial charge in [0.05, 0.1) is 0 Å². The van der Waals surface area contributed by atoms with Gasteiger partial charge in [0.1, 0.15) is 0 Å². The molecule has 2 aromatic heterocycles. The minimum absolute atomic E-state index is 0.907. The average molecular weight is 294 g/mol. The van der Waals surface area contributed by atoms with Gasteiger partial charge in [-0.15, -0.1) is 11.3 Å². The molecule has 0 saturated carbocycles. The molecule has 1 aliphatic rings.